The fourth-order valence-electron chi connectivity index (χ4n) is 2.57. The van der Waals surface area contributed by atoms with Crippen LogP contribution in [-0.2, 0) is 6.42 Å². The van der Waals surface area contributed by atoms with E-state index in [-0.39, 0.29) is 28.1 Å². The van der Waals surface area contributed by atoms with Crippen molar-refractivity contribution in [3.63, 3.8) is 0 Å². The smallest absolute Gasteiger partial charge is 0.189 e. The molecule has 3 rings (SSSR count). The number of aromatic hydroxyl groups is 2. The van der Waals surface area contributed by atoms with E-state index < -0.39 is 0 Å². The summed E-state index contributed by atoms with van der Waals surface area (Å²) in [7, 11) is 1.43. The van der Waals surface area contributed by atoms with Crippen molar-refractivity contribution in [1.82, 2.24) is 0 Å². The third kappa shape index (κ3) is 2.31. The van der Waals surface area contributed by atoms with Crippen LogP contribution in [0.25, 0.3) is 6.08 Å². The number of phenols is 2. The second-order valence-electron chi connectivity index (χ2n) is 5.03. The van der Waals surface area contributed by atoms with Crippen LogP contribution in [0.15, 0.2) is 35.9 Å². The number of ether oxygens (including phenoxy) is 1. The van der Waals surface area contributed by atoms with Gasteiger partial charge in [0.15, 0.2) is 17.3 Å². The molecule has 0 bridgehead atoms. The van der Waals surface area contributed by atoms with E-state index in [1.165, 1.54) is 7.11 Å². The molecule has 2 aromatic rings. The Kier molecular flexibility index (Phi) is 3.54. The summed E-state index contributed by atoms with van der Waals surface area (Å²) in [5.74, 6) is 0.111. The van der Waals surface area contributed by atoms with Crippen LogP contribution >= 0.6 is 11.6 Å². The lowest BCUT2D eigenvalue weighted by Crippen LogP contribution is -1.95. The number of fused-ring (bicyclic) bond motifs is 1. The highest BCUT2D eigenvalue weighted by molar-refractivity contribution is 6.32. The zero-order valence-electron chi connectivity index (χ0n) is 11.8. The number of phenolic OH excluding ortho intramolecular Hbond substituents is 2. The van der Waals surface area contributed by atoms with Crippen molar-refractivity contribution in [2.24, 2.45) is 0 Å². The normalized spacial score (nSPS) is 15.2. The number of carbonyl (C=O) groups is 1. The van der Waals surface area contributed by atoms with Crippen molar-refractivity contribution in [2.75, 3.05) is 7.11 Å². The summed E-state index contributed by atoms with van der Waals surface area (Å²) in [5, 5.41) is 19.7. The Morgan fingerprint density at radius 1 is 1.27 bits per heavy atom. The molecule has 0 saturated heterocycles. The summed E-state index contributed by atoms with van der Waals surface area (Å²) in [4.78, 5) is 12.4. The molecular formula is C17H13ClO4. The summed E-state index contributed by atoms with van der Waals surface area (Å²) in [5.41, 5.74) is 2.36. The van der Waals surface area contributed by atoms with Gasteiger partial charge in [0, 0.05) is 23.1 Å². The number of hydrogen-bond donors (Lipinski definition) is 2. The molecule has 0 amide bonds. The van der Waals surface area contributed by atoms with E-state index in [0.29, 0.717) is 28.7 Å². The Morgan fingerprint density at radius 3 is 2.73 bits per heavy atom. The quantitative estimate of drug-likeness (QED) is 0.831. The first kappa shape index (κ1) is 14.5. The maximum absolute atomic E-state index is 12.4. The molecule has 2 N–H and O–H groups in total. The Hall–Kier alpha value is -2.46. The second-order valence-corrected chi connectivity index (χ2v) is 5.44. The fourth-order valence-corrected chi connectivity index (χ4v) is 2.79. The lowest BCUT2D eigenvalue weighted by atomic mass is 10.1. The SMILES string of the molecule is COc1cc(/C=C2\Cc3c(O)cccc3C2=O)cc(Cl)c1O. The third-order valence-electron chi connectivity index (χ3n) is 3.67. The second kappa shape index (κ2) is 5.39. The highest BCUT2D eigenvalue weighted by Crippen LogP contribution is 2.37. The molecule has 112 valence electrons. The van der Waals surface area contributed by atoms with Gasteiger partial charge in [-0.05, 0) is 29.8 Å². The van der Waals surface area contributed by atoms with Crippen molar-refractivity contribution in [2.45, 2.75) is 6.42 Å². The molecule has 1 aliphatic carbocycles. The monoisotopic (exact) mass is 316 g/mol. The van der Waals surface area contributed by atoms with E-state index >= 15 is 0 Å². The highest BCUT2D eigenvalue weighted by atomic mass is 35.5. The fraction of sp³-hybridized carbons (Fsp3) is 0.118. The molecular weight excluding hydrogens is 304 g/mol. The van der Waals surface area contributed by atoms with E-state index in [2.05, 4.69) is 0 Å². The van der Waals surface area contributed by atoms with Gasteiger partial charge in [-0.3, -0.25) is 4.79 Å². The number of rotatable bonds is 2. The molecule has 0 radical (unpaired) electrons. The van der Waals surface area contributed by atoms with Crippen LogP contribution in [0.4, 0.5) is 0 Å². The van der Waals surface area contributed by atoms with Crippen molar-refractivity contribution >= 4 is 23.5 Å². The average Bonchev–Trinajstić information content (AvgIpc) is 2.81. The van der Waals surface area contributed by atoms with Crippen molar-refractivity contribution < 1.29 is 19.7 Å². The topological polar surface area (TPSA) is 66.8 Å². The first-order valence-corrected chi connectivity index (χ1v) is 7.01. The van der Waals surface area contributed by atoms with Gasteiger partial charge in [-0.25, -0.2) is 0 Å². The van der Waals surface area contributed by atoms with E-state index in [9.17, 15) is 15.0 Å². The minimum atomic E-state index is -0.134. The highest BCUT2D eigenvalue weighted by Gasteiger charge is 2.27. The van der Waals surface area contributed by atoms with E-state index in [0.717, 1.165) is 0 Å². The van der Waals surface area contributed by atoms with Crippen LogP contribution in [0, 0.1) is 0 Å². The number of Topliss-reactive ketones (excluding diaryl/α,β-unsaturated/α-hetero) is 1. The third-order valence-corrected chi connectivity index (χ3v) is 3.95. The molecule has 0 atom stereocenters. The lowest BCUT2D eigenvalue weighted by molar-refractivity contribution is 0.104. The van der Waals surface area contributed by atoms with E-state index in [4.69, 9.17) is 16.3 Å². The van der Waals surface area contributed by atoms with Gasteiger partial charge in [0.25, 0.3) is 0 Å². The molecule has 22 heavy (non-hydrogen) atoms. The standard InChI is InChI=1S/C17H13ClO4/c1-22-15-7-9(6-13(18)17(15)21)5-10-8-12-11(16(10)20)3-2-4-14(12)19/h2-7,19,21H,8H2,1H3/b10-5+. The molecule has 0 spiro atoms. The van der Waals surface area contributed by atoms with E-state index in [1.807, 2.05) is 0 Å². The van der Waals surface area contributed by atoms with Crippen LogP contribution in [0.5, 0.6) is 17.2 Å². The summed E-state index contributed by atoms with van der Waals surface area (Å²) < 4.78 is 5.05. The summed E-state index contributed by atoms with van der Waals surface area (Å²) in [6, 6.07) is 8.07. The number of hydrogen-bond acceptors (Lipinski definition) is 4. The van der Waals surface area contributed by atoms with Crippen LogP contribution in [-0.4, -0.2) is 23.1 Å². The van der Waals surface area contributed by atoms with Gasteiger partial charge in [0.05, 0.1) is 12.1 Å². The molecule has 0 aromatic heterocycles. The van der Waals surface area contributed by atoms with Gasteiger partial charge in [-0.15, -0.1) is 0 Å². The van der Waals surface area contributed by atoms with Crippen LogP contribution in [0.3, 0.4) is 0 Å². The number of carbonyl (C=O) groups excluding carboxylic acids is 1. The minimum absolute atomic E-state index is 0.117. The van der Waals surface area contributed by atoms with Gasteiger partial charge in [-0.2, -0.15) is 0 Å². The first-order chi connectivity index (χ1) is 10.5. The number of ketones is 1. The summed E-state index contributed by atoms with van der Waals surface area (Å²) in [6.07, 6.45) is 2.05. The number of methoxy groups -OCH3 is 1. The van der Waals surface area contributed by atoms with Crippen LogP contribution in [0.2, 0.25) is 5.02 Å². The molecule has 5 heteroatoms. The van der Waals surface area contributed by atoms with Crippen LogP contribution in [0.1, 0.15) is 21.5 Å². The zero-order valence-corrected chi connectivity index (χ0v) is 12.5. The van der Waals surface area contributed by atoms with Crippen molar-refractivity contribution in [1.29, 1.82) is 0 Å². The lowest BCUT2D eigenvalue weighted by Gasteiger charge is -2.06. The maximum atomic E-state index is 12.4. The number of halogens is 1. The Bertz CT molecular complexity index is 809. The van der Waals surface area contributed by atoms with Crippen molar-refractivity contribution in [3.05, 3.63) is 57.6 Å². The van der Waals surface area contributed by atoms with Gasteiger partial charge >= 0.3 is 0 Å². The predicted molar refractivity (Wildman–Crippen MR) is 83.8 cm³/mol. The van der Waals surface area contributed by atoms with Gasteiger partial charge < -0.3 is 14.9 Å². The predicted octanol–water partition coefficient (Wildman–Crippen LogP) is 3.58. The largest absolute Gasteiger partial charge is 0.508 e. The minimum Gasteiger partial charge on any atom is -0.508 e. The number of allylic oxidation sites excluding steroid dienone is 1. The van der Waals surface area contributed by atoms with E-state index in [1.54, 1.807) is 36.4 Å². The zero-order chi connectivity index (χ0) is 15.9. The molecule has 1 aliphatic rings. The van der Waals surface area contributed by atoms with Crippen molar-refractivity contribution in [3.8, 4) is 17.2 Å². The van der Waals surface area contributed by atoms with Gasteiger partial charge in [-0.1, -0.05) is 23.7 Å². The molecule has 0 unspecified atom stereocenters. The Morgan fingerprint density at radius 2 is 2.05 bits per heavy atom. The molecule has 4 nitrogen and oxygen atoms in total. The molecule has 2 aromatic carbocycles. The Balaban J connectivity index is 2.03. The first-order valence-electron chi connectivity index (χ1n) is 6.64. The molecule has 0 heterocycles. The summed E-state index contributed by atoms with van der Waals surface area (Å²) in [6.45, 7) is 0. The Labute approximate surface area is 132 Å². The maximum Gasteiger partial charge on any atom is 0.189 e. The average molecular weight is 317 g/mol. The van der Waals surface area contributed by atoms with Crippen LogP contribution < -0.4 is 4.74 Å². The molecule has 0 aliphatic heterocycles. The molecule has 0 fully saturated rings. The number of benzene rings is 2. The molecule has 0 saturated carbocycles. The van der Waals surface area contributed by atoms with Gasteiger partial charge in [0.1, 0.15) is 5.75 Å². The van der Waals surface area contributed by atoms with Gasteiger partial charge in [0.2, 0.25) is 0 Å². The summed E-state index contributed by atoms with van der Waals surface area (Å²) >= 11 is 5.95.